The number of nitrogens with zero attached hydrogens (tertiary/aromatic N) is 1. The van der Waals surface area contributed by atoms with Crippen molar-refractivity contribution in [1.29, 1.82) is 0 Å². The third-order valence-electron chi connectivity index (χ3n) is 2.65. The number of H-pyrrole nitrogens is 1. The minimum Gasteiger partial charge on any atom is -0.354 e. The number of benzene rings is 1. The van der Waals surface area contributed by atoms with Crippen LogP contribution in [0, 0.1) is 0 Å². The fourth-order valence-electron chi connectivity index (χ4n) is 1.86. The highest BCUT2D eigenvalue weighted by Crippen LogP contribution is 2.21. The molecule has 4 heteroatoms. The molecule has 0 radical (unpaired) electrons. The number of anilines is 2. The quantitative estimate of drug-likeness (QED) is 0.720. The van der Waals surface area contributed by atoms with E-state index in [0.717, 1.165) is 16.7 Å². The summed E-state index contributed by atoms with van der Waals surface area (Å²) in [7, 11) is 0. The Labute approximate surface area is 103 Å². The smallest absolute Gasteiger partial charge is 0.250 e. The Balaban J connectivity index is 2.14. The third kappa shape index (κ3) is 1.96. The Kier molecular flexibility index (Phi) is 2.53. The first-order chi connectivity index (χ1) is 8.83. The zero-order valence-electron chi connectivity index (χ0n) is 9.55. The second-order valence-electron chi connectivity index (χ2n) is 3.94. The largest absolute Gasteiger partial charge is 0.354 e. The predicted octanol–water partition coefficient (Wildman–Crippen LogP) is 2.67. The van der Waals surface area contributed by atoms with Gasteiger partial charge in [0.2, 0.25) is 0 Å². The molecule has 1 aromatic carbocycles. The highest BCUT2D eigenvalue weighted by atomic mass is 16.1. The van der Waals surface area contributed by atoms with Crippen molar-refractivity contribution in [3.8, 4) is 0 Å². The SMILES string of the molecule is O=c1cc(Nc2ccccc2)c2ncccc2[nH]1. The van der Waals surface area contributed by atoms with Crippen LogP contribution in [-0.2, 0) is 0 Å². The second-order valence-corrected chi connectivity index (χ2v) is 3.94. The molecular formula is C14H11N3O. The van der Waals surface area contributed by atoms with Crippen molar-refractivity contribution in [3.63, 3.8) is 0 Å². The van der Waals surface area contributed by atoms with Crippen molar-refractivity contribution in [2.75, 3.05) is 5.32 Å². The highest BCUT2D eigenvalue weighted by Gasteiger charge is 2.04. The van der Waals surface area contributed by atoms with Crippen LogP contribution in [0.4, 0.5) is 11.4 Å². The van der Waals surface area contributed by atoms with Gasteiger partial charge in [-0.05, 0) is 24.3 Å². The number of aromatic amines is 1. The van der Waals surface area contributed by atoms with Crippen molar-refractivity contribution in [3.05, 3.63) is 65.1 Å². The third-order valence-corrected chi connectivity index (χ3v) is 2.65. The zero-order valence-corrected chi connectivity index (χ0v) is 9.55. The maximum absolute atomic E-state index is 11.6. The maximum Gasteiger partial charge on any atom is 0.250 e. The average Bonchev–Trinajstić information content (AvgIpc) is 2.40. The lowest BCUT2D eigenvalue weighted by molar-refractivity contribution is 1.27. The van der Waals surface area contributed by atoms with Crippen LogP contribution < -0.4 is 10.9 Å². The molecular weight excluding hydrogens is 226 g/mol. The number of fused-ring (bicyclic) bond motifs is 1. The van der Waals surface area contributed by atoms with Gasteiger partial charge in [-0.1, -0.05) is 18.2 Å². The Morgan fingerprint density at radius 1 is 1.06 bits per heavy atom. The predicted molar refractivity (Wildman–Crippen MR) is 72.1 cm³/mol. The van der Waals surface area contributed by atoms with Crippen LogP contribution in [0.25, 0.3) is 11.0 Å². The normalized spacial score (nSPS) is 10.4. The number of rotatable bonds is 2. The Morgan fingerprint density at radius 2 is 1.89 bits per heavy atom. The van der Waals surface area contributed by atoms with Gasteiger partial charge >= 0.3 is 0 Å². The molecule has 0 spiro atoms. The van der Waals surface area contributed by atoms with Gasteiger partial charge < -0.3 is 10.3 Å². The van der Waals surface area contributed by atoms with E-state index in [0.29, 0.717) is 5.69 Å². The van der Waals surface area contributed by atoms with E-state index in [9.17, 15) is 4.79 Å². The standard InChI is InChI=1S/C14H11N3O/c18-13-9-12(16-10-5-2-1-3-6-10)14-11(17-13)7-4-8-15-14/h1-9H,(H2,16,17,18). The van der Waals surface area contributed by atoms with E-state index in [4.69, 9.17) is 0 Å². The molecule has 0 fully saturated rings. The number of nitrogens with one attached hydrogen (secondary N) is 2. The lowest BCUT2D eigenvalue weighted by atomic mass is 10.2. The van der Waals surface area contributed by atoms with E-state index in [1.54, 1.807) is 12.3 Å². The highest BCUT2D eigenvalue weighted by molar-refractivity contribution is 5.88. The molecule has 0 unspecified atom stereocenters. The van der Waals surface area contributed by atoms with Crippen LogP contribution in [0.3, 0.4) is 0 Å². The van der Waals surface area contributed by atoms with Crippen molar-refractivity contribution < 1.29 is 0 Å². The monoisotopic (exact) mass is 237 g/mol. The molecule has 3 rings (SSSR count). The van der Waals surface area contributed by atoms with Crippen molar-refractivity contribution >= 4 is 22.4 Å². The van der Waals surface area contributed by atoms with Crippen LogP contribution in [0.1, 0.15) is 0 Å². The Bertz CT molecular complexity index is 735. The van der Waals surface area contributed by atoms with Gasteiger partial charge in [0.1, 0.15) is 5.52 Å². The molecule has 0 atom stereocenters. The number of pyridine rings is 2. The summed E-state index contributed by atoms with van der Waals surface area (Å²) in [6.45, 7) is 0. The summed E-state index contributed by atoms with van der Waals surface area (Å²) in [4.78, 5) is 18.6. The summed E-state index contributed by atoms with van der Waals surface area (Å²) < 4.78 is 0. The first-order valence-corrected chi connectivity index (χ1v) is 5.63. The van der Waals surface area contributed by atoms with Gasteiger partial charge in [0.25, 0.3) is 5.56 Å². The van der Waals surface area contributed by atoms with Gasteiger partial charge in [0, 0.05) is 18.0 Å². The van der Waals surface area contributed by atoms with Gasteiger partial charge in [-0.2, -0.15) is 0 Å². The molecule has 4 nitrogen and oxygen atoms in total. The Hall–Kier alpha value is -2.62. The minimum atomic E-state index is -0.145. The Morgan fingerprint density at radius 3 is 2.72 bits per heavy atom. The fraction of sp³-hybridized carbons (Fsp3) is 0. The molecule has 88 valence electrons. The number of hydrogen-bond acceptors (Lipinski definition) is 3. The molecule has 2 N–H and O–H groups in total. The van der Waals surface area contributed by atoms with E-state index >= 15 is 0 Å². The number of para-hydroxylation sites is 1. The summed E-state index contributed by atoms with van der Waals surface area (Å²) in [5.41, 5.74) is 2.97. The first kappa shape index (κ1) is 10.5. The van der Waals surface area contributed by atoms with Crippen molar-refractivity contribution in [1.82, 2.24) is 9.97 Å². The maximum atomic E-state index is 11.6. The first-order valence-electron chi connectivity index (χ1n) is 5.63. The lowest BCUT2D eigenvalue weighted by Gasteiger charge is -2.08. The van der Waals surface area contributed by atoms with Gasteiger partial charge in [0.05, 0.1) is 11.2 Å². The van der Waals surface area contributed by atoms with Gasteiger partial charge in [-0.15, -0.1) is 0 Å². The molecule has 2 aromatic heterocycles. The number of hydrogen-bond donors (Lipinski definition) is 2. The van der Waals surface area contributed by atoms with Crippen molar-refractivity contribution in [2.45, 2.75) is 0 Å². The van der Waals surface area contributed by atoms with E-state index < -0.39 is 0 Å². The average molecular weight is 237 g/mol. The topological polar surface area (TPSA) is 57.8 Å². The lowest BCUT2D eigenvalue weighted by Crippen LogP contribution is -2.07. The summed E-state index contributed by atoms with van der Waals surface area (Å²) in [5.74, 6) is 0. The number of aromatic nitrogens is 2. The minimum absolute atomic E-state index is 0.145. The second kappa shape index (κ2) is 4.33. The molecule has 0 aliphatic rings. The summed E-state index contributed by atoms with van der Waals surface area (Å²) in [5, 5.41) is 3.21. The molecule has 0 saturated heterocycles. The zero-order chi connectivity index (χ0) is 12.4. The molecule has 0 saturated carbocycles. The molecule has 18 heavy (non-hydrogen) atoms. The fourth-order valence-corrected chi connectivity index (χ4v) is 1.86. The summed E-state index contributed by atoms with van der Waals surface area (Å²) >= 11 is 0. The van der Waals surface area contributed by atoms with E-state index in [1.165, 1.54) is 6.07 Å². The van der Waals surface area contributed by atoms with E-state index in [-0.39, 0.29) is 5.56 Å². The molecule has 0 amide bonds. The van der Waals surface area contributed by atoms with Gasteiger partial charge in [-0.3, -0.25) is 9.78 Å². The summed E-state index contributed by atoms with van der Waals surface area (Å²) in [6.07, 6.45) is 1.71. The van der Waals surface area contributed by atoms with Gasteiger partial charge in [0.15, 0.2) is 0 Å². The van der Waals surface area contributed by atoms with Crippen LogP contribution in [-0.4, -0.2) is 9.97 Å². The van der Waals surface area contributed by atoms with E-state index in [1.807, 2.05) is 36.4 Å². The molecule has 2 heterocycles. The molecule has 3 aromatic rings. The van der Waals surface area contributed by atoms with Crippen LogP contribution >= 0.6 is 0 Å². The molecule has 0 aliphatic heterocycles. The van der Waals surface area contributed by atoms with Crippen LogP contribution in [0.5, 0.6) is 0 Å². The van der Waals surface area contributed by atoms with Crippen molar-refractivity contribution in [2.24, 2.45) is 0 Å². The molecule has 0 aliphatic carbocycles. The van der Waals surface area contributed by atoms with Crippen LogP contribution in [0.15, 0.2) is 59.5 Å². The van der Waals surface area contributed by atoms with Gasteiger partial charge in [-0.25, -0.2) is 0 Å². The van der Waals surface area contributed by atoms with E-state index in [2.05, 4.69) is 15.3 Å². The molecule has 0 bridgehead atoms. The summed E-state index contributed by atoms with van der Waals surface area (Å²) in [6, 6.07) is 14.8. The van der Waals surface area contributed by atoms with Crippen LogP contribution in [0.2, 0.25) is 0 Å².